The third-order valence-electron chi connectivity index (χ3n) is 4.52. The lowest BCUT2D eigenvalue weighted by Crippen LogP contribution is -2.49. The number of carbonyl (C=O) groups excluding carboxylic acids is 1. The van der Waals surface area contributed by atoms with Crippen molar-refractivity contribution in [2.45, 2.75) is 6.92 Å². The molecule has 4 heterocycles. The van der Waals surface area contributed by atoms with Crippen LogP contribution in [-0.4, -0.2) is 56.9 Å². The van der Waals surface area contributed by atoms with Crippen LogP contribution < -0.4 is 10.2 Å². The first-order valence-corrected chi connectivity index (χ1v) is 9.18. The van der Waals surface area contributed by atoms with Gasteiger partial charge in [0.15, 0.2) is 0 Å². The molecule has 1 amide bonds. The predicted molar refractivity (Wildman–Crippen MR) is 107 cm³/mol. The van der Waals surface area contributed by atoms with Crippen molar-refractivity contribution in [3.8, 4) is 0 Å². The smallest absolute Gasteiger partial charge is 0.272 e. The fourth-order valence-electron chi connectivity index (χ4n) is 3.14. The molecule has 0 bridgehead atoms. The largest absolute Gasteiger partial charge is 0.353 e. The summed E-state index contributed by atoms with van der Waals surface area (Å²) >= 11 is 0. The SMILES string of the molecule is Cc1nc(Nc2ccccn2)cc(N2CCN(C(=O)c3ccccn3)CC2)n1. The average molecular weight is 375 g/mol. The van der Waals surface area contributed by atoms with E-state index in [1.165, 1.54) is 0 Å². The number of piperazine rings is 1. The van der Waals surface area contributed by atoms with E-state index in [1.807, 2.05) is 48.2 Å². The summed E-state index contributed by atoms with van der Waals surface area (Å²) < 4.78 is 0. The van der Waals surface area contributed by atoms with Crippen molar-refractivity contribution in [2.75, 3.05) is 36.4 Å². The van der Waals surface area contributed by atoms with E-state index in [4.69, 9.17) is 0 Å². The second-order valence-corrected chi connectivity index (χ2v) is 6.49. The minimum absolute atomic E-state index is 0.0309. The summed E-state index contributed by atoms with van der Waals surface area (Å²) in [5, 5.41) is 3.21. The molecule has 1 fully saturated rings. The number of hydrogen-bond donors (Lipinski definition) is 1. The average Bonchev–Trinajstić information content (AvgIpc) is 2.74. The Balaban J connectivity index is 1.44. The lowest BCUT2D eigenvalue weighted by Gasteiger charge is -2.35. The van der Waals surface area contributed by atoms with Gasteiger partial charge in [0, 0.05) is 44.6 Å². The number of nitrogens with one attached hydrogen (secondary N) is 1. The van der Waals surface area contributed by atoms with Crippen LogP contribution in [0.4, 0.5) is 17.5 Å². The van der Waals surface area contributed by atoms with Gasteiger partial charge < -0.3 is 15.1 Å². The van der Waals surface area contributed by atoms with Crippen molar-refractivity contribution in [1.82, 2.24) is 24.8 Å². The normalized spacial score (nSPS) is 14.0. The molecule has 4 rings (SSSR count). The number of carbonyl (C=O) groups is 1. The van der Waals surface area contributed by atoms with E-state index in [2.05, 4.69) is 30.2 Å². The molecular formula is C20H21N7O. The van der Waals surface area contributed by atoms with Crippen LogP contribution in [0.3, 0.4) is 0 Å². The Morgan fingerprint density at radius 1 is 0.929 bits per heavy atom. The molecule has 0 unspecified atom stereocenters. The summed E-state index contributed by atoms with van der Waals surface area (Å²) in [6, 6.07) is 13.0. The van der Waals surface area contributed by atoms with Crippen LogP contribution in [0, 0.1) is 6.92 Å². The first-order valence-electron chi connectivity index (χ1n) is 9.18. The van der Waals surface area contributed by atoms with Crippen LogP contribution in [0.2, 0.25) is 0 Å². The van der Waals surface area contributed by atoms with Crippen LogP contribution in [0.15, 0.2) is 54.9 Å². The van der Waals surface area contributed by atoms with Crippen molar-refractivity contribution in [2.24, 2.45) is 0 Å². The highest BCUT2D eigenvalue weighted by Gasteiger charge is 2.24. The lowest BCUT2D eigenvalue weighted by atomic mass is 10.2. The van der Waals surface area contributed by atoms with E-state index in [-0.39, 0.29) is 5.91 Å². The zero-order valence-electron chi connectivity index (χ0n) is 15.6. The number of aromatic nitrogens is 4. The number of aryl methyl sites for hydroxylation is 1. The van der Waals surface area contributed by atoms with Crippen molar-refractivity contribution in [3.05, 3.63) is 66.4 Å². The molecule has 3 aromatic rings. The van der Waals surface area contributed by atoms with Crippen LogP contribution >= 0.6 is 0 Å². The zero-order valence-corrected chi connectivity index (χ0v) is 15.6. The Morgan fingerprint density at radius 3 is 2.36 bits per heavy atom. The summed E-state index contributed by atoms with van der Waals surface area (Å²) in [5.41, 5.74) is 0.482. The van der Waals surface area contributed by atoms with E-state index in [1.54, 1.807) is 18.5 Å². The Hall–Kier alpha value is -3.55. The van der Waals surface area contributed by atoms with Gasteiger partial charge in [0.2, 0.25) is 0 Å². The molecule has 0 aliphatic carbocycles. The Bertz CT molecular complexity index is 941. The highest BCUT2D eigenvalue weighted by atomic mass is 16.2. The Morgan fingerprint density at radius 2 is 1.68 bits per heavy atom. The van der Waals surface area contributed by atoms with Gasteiger partial charge in [-0.1, -0.05) is 12.1 Å². The van der Waals surface area contributed by atoms with Gasteiger partial charge in [0.1, 0.15) is 29.0 Å². The zero-order chi connectivity index (χ0) is 19.3. The van der Waals surface area contributed by atoms with Gasteiger partial charge in [-0.15, -0.1) is 0 Å². The highest BCUT2D eigenvalue weighted by molar-refractivity contribution is 5.92. The van der Waals surface area contributed by atoms with E-state index in [0.29, 0.717) is 43.5 Å². The Kier molecular flexibility index (Phi) is 5.09. The van der Waals surface area contributed by atoms with E-state index in [9.17, 15) is 4.79 Å². The number of rotatable bonds is 4. The number of hydrogen-bond acceptors (Lipinski definition) is 7. The number of anilines is 3. The molecule has 28 heavy (non-hydrogen) atoms. The maximum Gasteiger partial charge on any atom is 0.272 e. The third kappa shape index (κ3) is 4.06. The van der Waals surface area contributed by atoms with Crippen LogP contribution in [-0.2, 0) is 0 Å². The second kappa shape index (κ2) is 7.99. The molecule has 1 N–H and O–H groups in total. The quantitative estimate of drug-likeness (QED) is 0.748. The molecule has 1 aliphatic heterocycles. The molecular weight excluding hydrogens is 354 g/mol. The summed E-state index contributed by atoms with van der Waals surface area (Å²) in [5.74, 6) is 2.93. The summed E-state index contributed by atoms with van der Waals surface area (Å²) in [7, 11) is 0. The number of amides is 1. The minimum Gasteiger partial charge on any atom is -0.353 e. The molecule has 1 saturated heterocycles. The summed E-state index contributed by atoms with van der Waals surface area (Å²) in [6.45, 7) is 4.53. The van der Waals surface area contributed by atoms with Crippen molar-refractivity contribution in [3.63, 3.8) is 0 Å². The highest BCUT2D eigenvalue weighted by Crippen LogP contribution is 2.20. The van der Waals surface area contributed by atoms with E-state index < -0.39 is 0 Å². The van der Waals surface area contributed by atoms with Gasteiger partial charge in [-0.05, 0) is 31.2 Å². The third-order valence-corrected chi connectivity index (χ3v) is 4.52. The van der Waals surface area contributed by atoms with Gasteiger partial charge in [-0.25, -0.2) is 15.0 Å². The molecule has 0 saturated carbocycles. The van der Waals surface area contributed by atoms with E-state index >= 15 is 0 Å². The fourth-order valence-corrected chi connectivity index (χ4v) is 3.14. The predicted octanol–water partition coefficient (Wildman–Crippen LogP) is 2.28. The number of nitrogens with zero attached hydrogens (tertiary/aromatic N) is 6. The molecule has 8 nitrogen and oxygen atoms in total. The van der Waals surface area contributed by atoms with Gasteiger partial charge in [-0.2, -0.15) is 0 Å². The van der Waals surface area contributed by atoms with Gasteiger partial charge in [0.25, 0.3) is 5.91 Å². The summed E-state index contributed by atoms with van der Waals surface area (Å²) in [6.07, 6.45) is 3.37. The molecule has 8 heteroatoms. The number of pyridine rings is 2. The first kappa shape index (κ1) is 17.8. The molecule has 3 aromatic heterocycles. The molecule has 1 aliphatic rings. The molecule has 0 aromatic carbocycles. The van der Waals surface area contributed by atoms with Crippen LogP contribution in [0.5, 0.6) is 0 Å². The fraction of sp³-hybridized carbons (Fsp3) is 0.250. The molecule has 142 valence electrons. The van der Waals surface area contributed by atoms with E-state index in [0.717, 1.165) is 11.6 Å². The monoisotopic (exact) mass is 375 g/mol. The van der Waals surface area contributed by atoms with Gasteiger partial charge in [-0.3, -0.25) is 9.78 Å². The topological polar surface area (TPSA) is 87.1 Å². The van der Waals surface area contributed by atoms with Gasteiger partial charge >= 0.3 is 0 Å². The van der Waals surface area contributed by atoms with Crippen LogP contribution in [0.1, 0.15) is 16.3 Å². The molecule has 0 radical (unpaired) electrons. The maximum absolute atomic E-state index is 12.6. The van der Waals surface area contributed by atoms with Crippen molar-refractivity contribution >= 4 is 23.4 Å². The van der Waals surface area contributed by atoms with Crippen molar-refractivity contribution in [1.29, 1.82) is 0 Å². The minimum atomic E-state index is -0.0309. The molecule has 0 spiro atoms. The molecule has 0 atom stereocenters. The second-order valence-electron chi connectivity index (χ2n) is 6.49. The lowest BCUT2D eigenvalue weighted by molar-refractivity contribution is 0.0740. The first-order chi connectivity index (χ1) is 13.7. The van der Waals surface area contributed by atoms with Crippen LogP contribution in [0.25, 0.3) is 0 Å². The van der Waals surface area contributed by atoms with Gasteiger partial charge in [0.05, 0.1) is 0 Å². The maximum atomic E-state index is 12.6. The Labute approximate surface area is 163 Å². The standard InChI is InChI=1S/C20H21N7O/c1-15-23-18(25-17-7-3-5-9-22-17)14-19(24-15)26-10-12-27(13-11-26)20(28)16-6-2-4-8-21-16/h2-9,14H,10-13H2,1H3,(H,22,23,24,25). The summed E-state index contributed by atoms with van der Waals surface area (Å²) in [4.78, 5) is 34.0. The van der Waals surface area contributed by atoms with Crippen molar-refractivity contribution < 1.29 is 4.79 Å².